The molecule has 0 N–H and O–H groups in total. The quantitative estimate of drug-likeness (QED) is 0.556. The summed E-state index contributed by atoms with van der Waals surface area (Å²) in [6, 6.07) is 5.45. The first-order chi connectivity index (χ1) is 8.26. The maximum Gasteiger partial charge on any atom is 0.162 e. The van der Waals surface area contributed by atoms with Crippen LogP contribution in [-0.4, -0.2) is 28.1 Å². The van der Waals surface area contributed by atoms with E-state index in [4.69, 9.17) is 24.2 Å². The molecular weight excluding hydrogens is 222 g/mol. The van der Waals surface area contributed by atoms with E-state index in [0.29, 0.717) is 17.1 Å². The number of hydrogen-bond acceptors (Lipinski definition) is 5. The van der Waals surface area contributed by atoms with E-state index >= 15 is 0 Å². The van der Waals surface area contributed by atoms with Crippen molar-refractivity contribution >= 4 is 0 Å². The van der Waals surface area contributed by atoms with Gasteiger partial charge in [-0.2, -0.15) is 5.26 Å². The second-order valence-electron chi connectivity index (χ2n) is 3.23. The topological polar surface area (TPSA) is 60.7 Å². The Balaban J connectivity index is 2.98. The zero-order chi connectivity index (χ0) is 12.7. The second-order valence-corrected chi connectivity index (χ2v) is 3.23. The van der Waals surface area contributed by atoms with Gasteiger partial charge in [0.25, 0.3) is 0 Å². The van der Waals surface area contributed by atoms with Crippen LogP contribution in [0.5, 0.6) is 11.5 Å². The number of nitrogens with zero attached hydrogens (tertiary/aromatic N) is 1. The largest absolute Gasteiger partial charge is 0.493 e. The van der Waals surface area contributed by atoms with Gasteiger partial charge >= 0.3 is 0 Å². The minimum absolute atomic E-state index is 0.180. The highest BCUT2D eigenvalue weighted by Crippen LogP contribution is 2.30. The Morgan fingerprint density at radius 3 is 2.29 bits per heavy atom. The van der Waals surface area contributed by atoms with Crippen LogP contribution in [0.4, 0.5) is 0 Å². The Morgan fingerprint density at radius 1 is 1.12 bits per heavy atom. The molecule has 0 atom stereocenters. The molecule has 0 aliphatic heterocycles. The highest BCUT2D eigenvalue weighted by molar-refractivity contribution is 5.51. The Morgan fingerprint density at radius 2 is 1.76 bits per heavy atom. The summed E-state index contributed by atoms with van der Waals surface area (Å²) in [6.07, 6.45) is 0. The molecule has 5 heteroatoms. The van der Waals surface area contributed by atoms with E-state index < -0.39 is 0 Å². The molecule has 0 bridgehead atoms. The molecule has 0 spiro atoms. The predicted molar refractivity (Wildman–Crippen MR) is 60.9 cm³/mol. The van der Waals surface area contributed by atoms with Crippen LogP contribution in [-0.2, 0) is 16.1 Å². The zero-order valence-corrected chi connectivity index (χ0v) is 10.1. The number of nitriles is 1. The fraction of sp³-hybridized carbons (Fsp3) is 0.417. The van der Waals surface area contributed by atoms with Gasteiger partial charge in [0.2, 0.25) is 0 Å². The molecule has 1 aromatic rings. The first-order valence-corrected chi connectivity index (χ1v) is 4.98. The number of methoxy groups -OCH3 is 3. The molecule has 17 heavy (non-hydrogen) atoms. The fourth-order valence-electron chi connectivity index (χ4n) is 1.38. The molecule has 0 amide bonds. The Hall–Kier alpha value is -1.77. The fourth-order valence-corrected chi connectivity index (χ4v) is 1.38. The van der Waals surface area contributed by atoms with Crippen LogP contribution in [0.2, 0.25) is 0 Å². The van der Waals surface area contributed by atoms with Gasteiger partial charge in [0.05, 0.1) is 32.5 Å². The van der Waals surface area contributed by atoms with E-state index in [0.717, 1.165) is 5.56 Å². The summed E-state index contributed by atoms with van der Waals surface area (Å²) < 4.78 is 20.3. The van der Waals surface area contributed by atoms with Crippen molar-refractivity contribution in [1.29, 1.82) is 5.26 Å². The van der Waals surface area contributed by atoms with Gasteiger partial charge in [-0.1, -0.05) is 0 Å². The first kappa shape index (κ1) is 13.3. The third-order valence-electron chi connectivity index (χ3n) is 2.19. The van der Waals surface area contributed by atoms with Gasteiger partial charge in [0.15, 0.2) is 11.5 Å². The maximum absolute atomic E-state index is 9.03. The lowest BCUT2D eigenvalue weighted by Crippen LogP contribution is -2.01. The third-order valence-corrected chi connectivity index (χ3v) is 2.19. The number of ether oxygens (including phenoxy) is 4. The van der Waals surface area contributed by atoms with Crippen molar-refractivity contribution in [1.82, 2.24) is 0 Å². The van der Waals surface area contributed by atoms with Crippen LogP contribution in [0.15, 0.2) is 12.1 Å². The summed E-state index contributed by atoms with van der Waals surface area (Å²) in [5.74, 6) is 1.10. The summed E-state index contributed by atoms with van der Waals surface area (Å²) in [5, 5.41) is 9.03. The van der Waals surface area contributed by atoms with Gasteiger partial charge in [-0.25, -0.2) is 0 Å². The van der Waals surface area contributed by atoms with Gasteiger partial charge < -0.3 is 18.9 Å². The van der Waals surface area contributed by atoms with Crippen molar-refractivity contribution in [2.45, 2.75) is 6.61 Å². The van der Waals surface area contributed by atoms with Gasteiger partial charge in [0, 0.05) is 13.2 Å². The van der Waals surface area contributed by atoms with Crippen molar-refractivity contribution in [3.63, 3.8) is 0 Å². The minimum Gasteiger partial charge on any atom is -0.493 e. The van der Waals surface area contributed by atoms with Gasteiger partial charge in [0.1, 0.15) is 6.79 Å². The van der Waals surface area contributed by atoms with E-state index in [-0.39, 0.29) is 13.4 Å². The molecular formula is C12H15NO4. The summed E-state index contributed by atoms with van der Waals surface area (Å²) in [4.78, 5) is 0. The normalized spacial score (nSPS) is 9.76. The van der Waals surface area contributed by atoms with Crippen LogP contribution in [0.1, 0.15) is 11.1 Å². The number of hydrogen-bond donors (Lipinski definition) is 0. The average Bonchev–Trinajstić information content (AvgIpc) is 2.38. The highest BCUT2D eigenvalue weighted by atomic mass is 16.7. The molecule has 0 aliphatic carbocycles. The summed E-state index contributed by atoms with van der Waals surface area (Å²) >= 11 is 0. The monoisotopic (exact) mass is 237 g/mol. The van der Waals surface area contributed by atoms with Crippen LogP contribution < -0.4 is 9.47 Å². The van der Waals surface area contributed by atoms with Crippen LogP contribution in [0.3, 0.4) is 0 Å². The average molecular weight is 237 g/mol. The van der Waals surface area contributed by atoms with Crippen molar-refractivity contribution in [2.75, 3.05) is 28.1 Å². The molecule has 0 aromatic heterocycles. The zero-order valence-electron chi connectivity index (χ0n) is 10.1. The molecule has 0 aliphatic rings. The van der Waals surface area contributed by atoms with Crippen LogP contribution in [0.25, 0.3) is 0 Å². The van der Waals surface area contributed by atoms with E-state index in [1.807, 2.05) is 0 Å². The lowest BCUT2D eigenvalue weighted by molar-refractivity contribution is -0.0391. The molecule has 0 saturated carbocycles. The predicted octanol–water partition coefficient (Wildman–Crippen LogP) is 1.70. The second kappa shape index (κ2) is 6.74. The number of rotatable bonds is 6. The van der Waals surface area contributed by atoms with E-state index in [9.17, 15) is 0 Å². The highest BCUT2D eigenvalue weighted by Gasteiger charge is 2.10. The number of benzene rings is 1. The molecule has 92 valence electrons. The Kier molecular flexibility index (Phi) is 5.27. The van der Waals surface area contributed by atoms with Crippen LogP contribution >= 0.6 is 0 Å². The third kappa shape index (κ3) is 3.34. The Bertz CT molecular complexity index is 412. The first-order valence-electron chi connectivity index (χ1n) is 4.98. The standard InChI is InChI=1S/C12H15NO4/c1-14-8-17-7-10-5-12(16-3)11(15-2)4-9(10)6-13/h4-5H,7-8H2,1-3H3. The molecule has 1 rings (SSSR count). The molecule has 1 aromatic carbocycles. The van der Waals surface area contributed by atoms with Gasteiger partial charge in [-0.3, -0.25) is 0 Å². The van der Waals surface area contributed by atoms with Crippen molar-refractivity contribution in [3.8, 4) is 17.6 Å². The molecule has 0 unspecified atom stereocenters. The molecule has 0 fully saturated rings. The maximum atomic E-state index is 9.03. The van der Waals surface area contributed by atoms with Gasteiger partial charge in [-0.05, 0) is 11.6 Å². The Labute approximate surface area is 100 Å². The molecule has 0 heterocycles. The molecule has 0 saturated heterocycles. The lowest BCUT2D eigenvalue weighted by Gasteiger charge is -2.11. The SMILES string of the molecule is COCOCc1cc(OC)c(OC)cc1C#N. The van der Waals surface area contributed by atoms with Crippen molar-refractivity contribution in [3.05, 3.63) is 23.3 Å². The van der Waals surface area contributed by atoms with Crippen molar-refractivity contribution < 1.29 is 18.9 Å². The summed E-state index contributed by atoms with van der Waals surface area (Å²) in [6.45, 7) is 0.469. The smallest absolute Gasteiger partial charge is 0.162 e. The molecule has 5 nitrogen and oxygen atoms in total. The molecule has 0 radical (unpaired) electrons. The van der Waals surface area contributed by atoms with E-state index in [1.54, 1.807) is 26.4 Å². The van der Waals surface area contributed by atoms with Crippen molar-refractivity contribution in [2.24, 2.45) is 0 Å². The van der Waals surface area contributed by atoms with E-state index in [2.05, 4.69) is 6.07 Å². The van der Waals surface area contributed by atoms with E-state index in [1.165, 1.54) is 7.11 Å². The lowest BCUT2D eigenvalue weighted by atomic mass is 10.1. The minimum atomic E-state index is 0.180. The van der Waals surface area contributed by atoms with Gasteiger partial charge in [-0.15, -0.1) is 0 Å². The summed E-state index contributed by atoms with van der Waals surface area (Å²) in [5.41, 5.74) is 1.24. The van der Waals surface area contributed by atoms with Crippen LogP contribution in [0, 0.1) is 11.3 Å². The summed E-state index contributed by atoms with van der Waals surface area (Å²) in [7, 11) is 4.61.